The summed E-state index contributed by atoms with van der Waals surface area (Å²) in [7, 11) is 0. The summed E-state index contributed by atoms with van der Waals surface area (Å²) in [5.74, 6) is -0.981. The minimum absolute atomic E-state index is 0.0627. The van der Waals surface area contributed by atoms with Gasteiger partial charge in [0.05, 0.1) is 18.0 Å². The molecule has 6 heteroatoms. The Morgan fingerprint density at radius 2 is 1.81 bits per heavy atom. The molecule has 0 aliphatic heterocycles. The molecule has 0 radical (unpaired) electrons. The first-order chi connectivity index (χ1) is 12.9. The minimum Gasteiger partial charge on any atom is -0.478 e. The molecule has 2 aromatic rings. The van der Waals surface area contributed by atoms with Crippen LogP contribution in [0, 0.1) is 5.92 Å². The van der Waals surface area contributed by atoms with Gasteiger partial charge in [0.1, 0.15) is 0 Å². The standard InChI is InChI=1S/C21H22N2O4/c1-13(15-7-9-18(10-8-15)23-20(25)16-5-6-16)22-19(24)12-14-3-2-4-17(11-14)21(26)27/h2-4,7-11,13,16H,5-6,12H2,1H3,(H,22,24)(H,23,25)(H,26,27). The number of benzene rings is 2. The molecule has 3 rings (SSSR count). The molecule has 2 aromatic carbocycles. The van der Waals surface area contributed by atoms with Gasteiger partial charge >= 0.3 is 5.97 Å². The fourth-order valence-corrected chi connectivity index (χ4v) is 2.82. The fraction of sp³-hybridized carbons (Fsp3) is 0.286. The van der Waals surface area contributed by atoms with E-state index in [1.807, 2.05) is 31.2 Å². The summed E-state index contributed by atoms with van der Waals surface area (Å²) in [6.45, 7) is 1.88. The summed E-state index contributed by atoms with van der Waals surface area (Å²) in [6, 6.07) is 13.6. The highest BCUT2D eigenvalue weighted by Crippen LogP contribution is 2.30. The maximum absolute atomic E-state index is 12.3. The van der Waals surface area contributed by atoms with Crippen LogP contribution in [0.25, 0.3) is 0 Å². The molecule has 0 spiro atoms. The smallest absolute Gasteiger partial charge is 0.335 e. The molecule has 3 N–H and O–H groups in total. The molecule has 1 fully saturated rings. The second-order valence-corrected chi connectivity index (χ2v) is 6.86. The van der Waals surface area contributed by atoms with Crippen LogP contribution in [0.5, 0.6) is 0 Å². The second-order valence-electron chi connectivity index (χ2n) is 6.86. The number of rotatable bonds is 7. The van der Waals surface area contributed by atoms with Crippen LogP contribution in [0.1, 0.15) is 47.3 Å². The van der Waals surface area contributed by atoms with Crippen LogP contribution in [0.4, 0.5) is 5.69 Å². The van der Waals surface area contributed by atoms with Crippen LogP contribution in [-0.2, 0) is 16.0 Å². The number of carbonyl (C=O) groups is 3. The van der Waals surface area contributed by atoms with Gasteiger partial charge in [0.25, 0.3) is 0 Å². The predicted molar refractivity (Wildman–Crippen MR) is 101 cm³/mol. The lowest BCUT2D eigenvalue weighted by atomic mass is 10.1. The first kappa shape index (κ1) is 18.6. The van der Waals surface area contributed by atoms with Crippen LogP contribution < -0.4 is 10.6 Å². The van der Waals surface area contributed by atoms with E-state index in [1.54, 1.807) is 12.1 Å². The van der Waals surface area contributed by atoms with E-state index < -0.39 is 5.97 Å². The van der Waals surface area contributed by atoms with Crippen LogP contribution >= 0.6 is 0 Å². The van der Waals surface area contributed by atoms with Crippen molar-refractivity contribution in [1.82, 2.24) is 5.32 Å². The van der Waals surface area contributed by atoms with Gasteiger partial charge in [-0.05, 0) is 55.2 Å². The molecule has 1 saturated carbocycles. The van der Waals surface area contributed by atoms with E-state index in [4.69, 9.17) is 5.11 Å². The first-order valence-corrected chi connectivity index (χ1v) is 8.95. The van der Waals surface area contributed by atoms with Gasteiger partial charge in [-0.3, -0.25) is 9.59 Å². The number of anilines is 1. The van der Waals surface area contributed by atoms with Gasteiger partial charge < -0.3 is 15.7 Å². The Hall–Kier alpha value is -3.15. The zero-order valence-corrected chi connectivity index (χ0v) is 15.1. The summed E-state index contributed by atoms with van der Waals surface area (Å²) in [5, 5.41) is 14.8. The Bertz CT molecular complexity index is 857. The van der Waals surface area contributed by atoms with E-state index in [9.17, 15) is 14.4 Å². The molecule has 2 amide bonds. The molecule has 1 atom stereocenters. The van der Waals surface area contributed by atoms with Gasteiger partial charge in [-0.1, -0.05) is 24.3 Å². The molecular weight excluding hydrogens is 344 g/mol. The normalized spacial score (nSPS) is 14.3. The molecule has 1 aliphatic carbocycles. The summed E-state index contributed by atoms with van der Waals surface area (Å²) >= 11 is 0. The molecule has 140 valence electrons. The summed E-state index contributed by atoms with van der Waals surface area (Å²) in [6.07, 6.45) is 2.03. The highest BCUT2D eigenvalue weighted by atomic mass is 16.4. The Balaban J connectivity index is 1.55. The number of carboxylic acid groups (broad SMARTS) is 1. The van der Waals surface area contributed by atoms with Crippen molar-refractivity contribution in [3.63, 3.8) is 0 Å². The number of hydrogen-bond donors (Lipinski definition) is 3. The molecular formula is C21H22N2O4. The van der Waals surface area contributed by atoms with Gasteiger partial charge in [0.15, 0.2) is 0 Å². The molecule has 0 aromatic heterocycles. The molecule has 1 aliphatic rings. The third-order valence-corrected chi connectivity index (χ3v) is 4.54. The molecule has 0 heterocycles. The third-order valence-electron chi connectivity index (χ3n) is 4.54. The van der Waals surface area contributed by atoms with Gasteiger partial charge in [-0.25, -0.2) is 4.79 Å². The summed E-state index contributed by atoms with van der Waals surface area (Å²) in [4.78, 5) is 35.0. The Morgan fingerprint density at radius 3 is 2.44 bits per heavy atom. The average molecular weight is 366 g/mol. The number of hydrogen-bond acceptors (Lipinski definition) is 3. The van der Waals surface area contributed by atoms with E-state index in [-0.39, 0.29) is 35.8 Å². The zero-order chi connectivity index (χ0) is 19.4. The van der Waals surface area contributed by atoms with Crippen molar-refractivity contribution >= 4 is 23.5 Å². The Kier molecular flexibility index (Phi) is 5.54. The van der Waals surface area contributed by atoms with Gasteiger partial charge in [0.2, 0.25) is 11.8 Å². The maximum Gasteiger partial charge on any atom is 0.335 e. The van der Waals surface area contributed by atoms with Crippen molar-refractivity contribution in [2.45, 2.75) is 32.2 Å². The van der Waals surface area contributed by atoms with Crippen molar-refractivity contribution in [2.75, 3.05) is 5.32 Å². The first-order valence-electron chi connectivity index (χ1n) is 8.95. The highest BCUT2D eigenvalue weighted by Gasteiger charge is 2.29. The maximum atomic E-state index is 12.3. The molecule has 1 unspecified atom stereocenters. The third kappa shape index (κ3) is 5.17. The monoisotopic (exact) mass is 366 g/mol. The number of amides is 2. The number of carboxylic acids is 1. The molecule has 27 heavy (non-hydrogen) atoms. The minimum atomic E-state index is -1.01. The van der Waals surface area contributed by atoms with Crippen molar-refractivity contribution in [2.24, 2.45) is 5.92 Å². The van der Waals surface area contributed by atoms with Crippen LogP contribution in [0.2, 0.25) is 0 Å². The lowest BCUT2D eigenvalue weighted by molar-refractivity contribution is -0.121. The van der Waals surface area contributed by atoms with Crippen LogP contribution in [0.3, 0.4) is 0 Å². The van der Waals surface area contributed by atoms with Crippen molar-refractivity contribution in [1.29, 1.82) is 0 Å². The Labute approximate surface area is 157 Å². The largest absolute Gasteiger partial charge is 0.478 e. The topological polar surface area (TPSA) is 95.5 Å². The summed E-state index contributed by atoms with van der Waals surface area (Å²) in [5.41, 5.74) is 2.49. The van der Waals surface area contributed by atoms with E-state index in [0.29, 0.717) is 5.56 Å². The number of carbonyl (C=O) groups excluding carboxylic acids is 2. The average Bonchev–Trinajstić information content (AvgIpc) is 3.47. The molecule has 0 saturated heterocycles. The SMILES string of the molecule is CC(NC(=O)Cc1cccc(C(=O)O)c1)c1ccc(NC(=O)C2CC2)cc1. The van der Waals surface area contributed by atoms with Crippen molar-refractivity contribution in [3.05, 3.63) is 65.2 Å². The van der Waals surface area contributed by atoms with Gasteiger partial charge in [-0.2, -0.15) is 0 Å². The lowest BCUT2D eigenvalue weighted by Gasteiger charge is -2.15. The van der Waals surface area contributed by atoms with E-state index in [0.717, 1.165) is 24.1 Å². The highest BCUT2D eigenvalue weighted by molar-refractivity contribution is 5.94. The van der Waals surface area contributed by atoms with Crippen molar-refractivity contribution in [3.8, 4) is 0 Å². The molecule has 6 nitrogen and oxygen atoms in total. The summed E-state index contributed by atoms with van der Waals surface area (Å²) < 4.78 is 0. The second kappa shape index (κ2) is 8.03. The van der Waals surface area contributed by atoms with E-state index in [1.165, 1.54) is 12.1 Å². The molecule has 0 bridgehead atoms. The Morgan fingerprint density at radius 1 is 1.11 bits per heavy atom. The van der Waals surface area contributed by atoms with Crippen LogP contribution in [0.15, 0.2) is 48.5 Å². The fourth-order valence-electron chi connectivity index (χ4n) is 2.82. The zero-order valence-electron chi connectivity index (χ0n) is 15.1. The number of aromatic carboxylic acids is 1. The number of nitrogens with one attached hydrogen (secondary N) is 2. The van der Waals surface area contributed by atoms with Crippen LogP contribution in [-0.4, -0.2) is 22.9 Å². The lowest BCUT2D eigenvalue weighted by Crippen LogP contribution is -2.28. The van der Waals surface area contributed by atoms with E-state index >= 15 is 0 Å². The predicted octanol–water partition coefficient (Wildman–Crippen LogP) is 3.15. The van der Waals surface area contributed by atoms with E-state index in [2.05, 4.69) is 10.6 Å². The van der Waals surface area contributed by atoms with Gasteiger partial charge in [-0.15, -0.1) is 0 Å². The van der Waals surface area contributed by atoms with Gasteiger partial charge in [0, 0.05) is 11.6 Å². The van der Waals surface area contributed by atoms with Crippen molar-refractivity contribution < 1.29 is 19.5 Å². The quantitative estimate of drug-likeness (QED) is 0.701.